The Kier molecular flexibility index (Phi) is 9.06. The molecule has 0 rings (SSSR count). The first-order chi connectivity index (χ1) is 8.11. The Morgan fingerprint density at radius 1 is 1.35 bits per heavy atom. The van der Waals surface area contributed by atoms with Gasteiger partial charge in [-0.15, -0.1) is 0 Å². The molecule has 0 aromatic rings. The third kappa shape index (κ3) is 7.32. The topological polar surface area (TPSA) is 48.3 Å². The fraction of sp³-hybridized carbons (Fsp3) is 0.923. The lowest BCUT2D eigenvalue weighted by Crippen LogP contribution is -2.38. The van der Waals surface area contributed by atoms with Gasteiger partial charge in [-0.2, -0.15) is 5.26 Å². The fourth-order valence-electron chi connectivity index (χ4n) is 1.70. The van der Waals surface area contributed by atoms with Crippen LogP contribution in [0.5, 0.6) is 0 Å². The molecule has 100 valence electrons. The largest absolute Gasteiger partial charge is 0.383 e. The number of likely N-dealkylation sites (N-methyl/N-ethyl adjacent to an activating group) is 1. The van der Waals surface area contributed by atoms with Crippen molar-refractivity contribution >= 4 is 0 Å². The van der Waals surface area contributed by atoms with Gasteiger partial charge in [-0.25, -0.2) is 0 Å². The number of hydrogen-bond acceptors (Lipinski definition) is 4. The molecule has 0 aromatic heterocycles. The maximum absolute atomic E-state index is 9.02. The minimum absolute atomic E-state index is 0.371. The molecule has 0 aliphatic rings. The van der Waals surface area contributed by atoms with Crippen LogP contribution in [0.4, 0.5) is 0 Å². The molecule has 0 aliphatic heterocycles. The minimum Gasteiger partial charge on any atom is -0.383 e. The van der Waals surface area contributed by atoms with Gasteiger partial charge in [-0.1, -0.05) is 6.92 Å². The predicted molar refractivity (Wildman–Crippen MR) is 70.9 cm³/mol. The smallest absolute Gasteiger partial charge is 0.103 e. The van der Waals surface area contributed by atoms with Crippen molar-refractivity contribution in [2.24, 2.45) is 0 Å². The highest BCUT2D eigenvalue weighted by Gasteiger charge is 2.19. The molecule has 4 nitrogen and oxygen atoms in total. The third-order valence-corrected chi connectivity index (χ3v) is 3.26. The summed E-state index contributed by atoms with van der Waals surface area (Å²) in [6, 6.07) is 2.32. The minimum atomic E-state index is -0.371. The predicted octanol–water partition coefficient (Wildman–Crippen LogP) is 1.63. The Hall–Kier alpha value is -0.630. The second-order valence-electron chi connectivity index (χ2n) is 4.58. The number of unbranched alkanes of at least 4 members (excludes halogenated alkanes) is 1. The Morgan fingerprint density at radius 2 is 2.06 bits per heavy atom. The van der Waals surface area contributed by atoms with E-state index >= 15 is 0 Å². The van der Waals surface area contributed by atoms with Gasteiger partial charge in [0.2, 0.25) is 0 Å². The number of rotatable bonds is 10. The molecule has 1 unspecified atom stereocenters. The zero-order chi connectivity index (χ0) is 13.1. The summed E-state index contributed by atoms with van der Waals surface area (Å²) in [5, 5.41) is 12.1. The fourth-order valence-corrected chi connectivity index (χ4v) is 1.70. The lowest BCUT2D eigenvalue weighted by Gasteiger charge is -2.22. The quantitative estimate of drug-likeness (QED) is 0.591. The molecule has 0 radical (unpaired) electrons. The lowest BCUT2D eigenvalue weighted by molar-refractivity contribution is 0.149. The number of nitriles is 1. The van der Waals surface area contributed by atoms with Crippen molar-refractivity contribution in [1.82, 2.24) is 10.2 Å². The Morgan fingerprint density at radius 3 is 2.53 bits per heavy atom. The van der Waals surface area contributed by atoms with Crippen molar-refractivity contribution in [2.45, 2.75) is 38.6 Å². The highest BCUT2D eigenvalue weighted by Crippen LogP contribution is 2.12. The van der Waals surface area contributed by atoms with Crippen LogP contribution in [0.25, 0.3) is 0 Å². The molecule has 1 N–H and O–H groups in total. The molecule has 1 atom stereocenters. The first-order valence-corrected chi connectivity index (χ1v) is 6.43. The summed E-state index contributed by atoms with van der Waals surface area (Å²) >= 11 is 0. The summed E-state index contributed by atoms with van der Waals surface area (Å²) in [6.07, 6.45) is 3.12. The summed E-state index contributed by atoms with van der Waals surface area (Å²) < 4.78 is 5.07. The van der Waals surface area contributed by atoms with Gasteiger partial charge in [0.1, 0.15) is 5.54 Å². The van der Waals surface area contributed by atoms with Crippen LogP contribution in [0.1, 0.15) is 33.1 Å². The Balaban J connectivity index is 3.71. The SMILES string of the molecule is CCN(CCCCC(C)(C#N)NC)CCOC. The van der Waals surface area contributed by atoms with Crippen molar-refractivity contribution in [3.05, 3.63) is 0 Å². The van der Waals surface area contributed by atoms with E-state index in [1.54, 1.807) is 7.11 Å². The summed E-state index contributed by atoms with van der Waals surface area (Å²) in [5.41, 5.74) is -0.371. The molecule has 17 heavy (non-hydrogen) atoms. The van der Waals surface area contributed by atoms with E-state index in [4.69, 9.17) is 10.00 Å². The van der Waals surface area contributed by atoms with E-state index in [0.717, 1.165) is 45.5 Å². The third-order valence-electron chi connectivity index (χ3n) is 3.26. The normalized spacial score (nSPS) is 14.6. The highest BCUT2D eigenvalue weighted by molar-refractivity contribution is 5.02. The summed E-state index contributed by atoms with van der Waals surface area (Å²) in [6.45, 7) is 8.06. The van der Waals surface area contributed by atoms with Gasteiger partial charge in [0, 0.05) is 13.7 Å². The van der Waals surface area contributed by atoms with Crippen molar-refractivity contribution in [2.75, 3.05) is 40.4 Å². The highest BCUT2D eigenvalue weighted by atomic mass is 16.5. The van der Waals surface area contributed by atoms with Crippen LogP contribution >= 0.6 is 0 Å². The van der Waals surface area contributed by atoms with Crippen LogP contribution in [0.3, 0.4) is 0 Å². The molecule has 0 aromatic carbocycles. The van der Waals surface area contributed by atoms with Gasteiger partial charge >= 0.3 is 0 Å². The monoisotopic (exact) mass is 241 g/mol. The van der Waals surface area contributed by atoms with Gasteiger partial charge in [-0.05, 0) is 46.3 Å². The van der Waals surface area contributed by atoms with E-state index in [9.17, 15) is 0 Å². The number of methoxy groups -OCH3 is 1. The van der Waals surface area contributed by atoms with Crippen LogP contribution in [-0.2, 0) is 4.74 Å². The molecule has 0 aliphatic carbocycles. The van der Waals surface area contributed by atoms with E-state index in [-0.39, 0.29) is 5.54 Å². The summed E-state index contributed by atoms with van der Waals surface area (Å²) in [4.78, 5) is 2.38. The number of nitrogens with zero attached hydrogens (tertiary/aromatic N) is 2. The maximum atomic E-state index is 9.02. The molecule has 0 amide bonds. The first-order valence-electron chi connectivity index (χ1n) is 6.43. The van der Waals surface area contributed by atoms with Crippen molar-refractivity contribution in [3.8, 4) is 6.07 Å². The average Bonchev–Trinajstić information content (AvgIpc) is 2.37. The van der Waals surface area contributed by atoms with E-state index in [1.807, 2.05) is 14.0 Å². The maximum Gasteiger partial charge on any atom is 0.103 e. The van der Waals surface area contributed by atoms with Gasteiger partial charge in [0.05, 0.1) is 12.7 Å². The number of nitrogens with one attached hydrogen (secondary N) is 1. The Labute approximate surface area is 106 Å². The zero-order valence-corrected chi connectivity index (χ0v) is 11.8. The first kappa shape index (κ1) is 16.4. The van der Waals surface area contributed by atoms with Crippen LogP contribution in [0, 0.1) is 11.3 Å². The lowest BCUT2D eigenvalue weighted by atomic mass is 9.97. The molecule has 4 heteroatoms. The van der Waals surface area contributed by atoms with Gasteiger partial charge in [0.15, 0.2) is 0 Å². The van der Waals surface area contributed by atoms with Gasteiger partial charge < -0.3 is 15.0 Å². The summed E-state index contributed by atoms with van der Waals surface area (Å²) in [5.74, 6) is 0. The van der Waals surface area contributed by atoms with Crippen molar-refractivity contribution in [1.29, 1.82) is 5.26 Å². The van der Waals surface area contributed by atoms with Gasteiger partial charge in [-0.3, -0.25) is 0 Å². The van der Waals surface area contributed by atoms with Crippen LogP contribution < -0.4 is 5.32 Å². The molecule has 0 saturated heterocycles. The molecule has 0 spiro atoms. The second kappa shape index (κ2) is 9.41. The molecular weight excluding hydrogens is 214 g/mol. The van der Waals surface area contributed by atoms with Crippen LogP contribution in [0.2, 0.25) is 0 Å². The molecule has 0 heterocycles. The van der Waals surface area contributed by atoms with E-state index in [2.05, 4.69) is 23.2 Å². The van der Waals surface area contributed by atoms with E-state index in [0.29, 0.717) is 0 Å². The van der Waals surface area contributed by atoms with E-state index in [1.165, 1.54) is 0 Å². The zero-order valence-electron chi connectivity index (χ0n) is 11.8. The van der Waals surface area contributed by atoms with Crippen molar-refractivity contribution < 1.29 is 4.74 Å². The Bertz CT molecular complexity index is 227. The number of hydrogen-bond donors (Lipinski definition) is 1. The standard InChI is InChI=1S/C13H27N3O/c1-5-16(10-11-17-4)9-7-6-8-13(2,12-14)15-3/h15H,5-11H2,1-4H3. The van der Waals surface area contributed by atoms with E-state index < -0.39 is 0 Å². The van der Waals surface area contributed by atoms with Gasteiger partial charge in [0.25, 0.3) is 0 Å². The van der Waals surface area contributed by atoms with Crippen LogP contribution in [0.15, 0.2) is 0 Å². The average molecular weight is 241 g/mol. The summed E-state index contributed by atoms with van der Waals surface area (Å²) in [7, 11) is 3.58. The molecule has 0 fully saturated rings. The molecule has 0 bridgehead atoms. The molecule has 0 saturated carbocycles. The second-order valence-corrected chi connectivity index (χ2v) is 4.58. The molecular formula is C13H27N3O. The van der Waals surface area contributed by atoms with Crippen molar-refractivity contribution in [3.63, 3.8) is 0 Å². The van der Waals surface area contributed by atoms with Crippen LogP contribution in [-0.4, -0.2) is 50.8 Å². The number of ether oxygens (including phenoxy) is 1.